The molecule has 19 heavy (non-hydrogen) atoms. The van der Waals surface area contributed by atoms with Crippen molar-refractivity contribution in [2.45, 2.75) is 25.8 Å². The summed E-state index contributed by atoms with van der Waals surface area (Å²) in [6.45, 7) is 3.07. The zero-order valence-electron chi connectivity index (χ0n) is 11.4. The van der Waals surface area contributed by atoms with Gasteiger partial charge in [0, 0.05) is 25.7 Å². The second kappa shape index (κ2) is 6.48. The van der Waals surface area contributed by atoms with E-state index in [1.54, 1.807) is 4.68 Å². The number of hydrogen-bond acceptors (Lipinski definition) is 2. The Kier molecular flexibility index (Phi) is 4.68. The molecule has 0 amide bonds. The zero-order valence-corrected chi connectivity index (χ0v) is 11.4. The summed E-state index contributed by atoms with van der Waals surface area (Å²) in [5.74, 6) is -0.198. The van der Waals surface area contributed by atoms with E-state index in [1.807, 2.05) is 31.4 Å². The topological polar surface area (TPSA) is 29.9 Å². The maximum Gasteiger partial charge on any atom is 0.123 e. The van der Waals surface area contributed by atoms with Crippen LogP contribution in [0.1, 0.15) is 30.6 Å². The average Bonchev–Trinajstić information content (AvgIpc) is 2.81. The molecule has 3 nitrogen and oxygen atoms in total. The van der Waals surface area contributed by atoms with Gasteiger partial charge in [0.2, 0.25) is 0 Å². The quantitative estimate of drug-likeness (QED) is 0.866. The average molecular weight is 261 g/mol. The van der Waals surface area contributed by atoms with Crippen LogP contribution in [-0.2, 0) is 13.5 Å². The molecule has 1 aromatic carbocycles. The highest BCUT2D eigenvalue weighted by atomic mass is 19.1. The van der Waals surface area contributed by atoms with Crippen LogP contribution in [0.3, 0.4) is 0 Å². The Morgan fingerprint density at radius 1 is 1.26 bits per heavy atom. The molecule has 1 heterocycles. The first-order valence-electron chi connectivity index (χ1n) is 6.66. The molecule has 2 aromatic rings. The second-order valence-corrected chi connectivity index (χ2v) is 4.74. The fraction of sp³-hybridized carbons (Fsp3) is 0.400. The van der Waals surface area contributed by atoms with Gasteiger partial charge in [-0.2, -0.15) is 5.10 Å². The smallest absolute Gasteiger partial charge is 0.123 e. The molecule has 0 radical (unpaired) electrons. The van der Waals surface area contributed by atoms with Crippen molar-refractivity contribution in [2.24, 2.45) is 7.05 Å². The van der Waals surface area contributed by atoms with E-state index < -0.39 is 0 Å². The number of rotatable bonds is 6. The van der Waals surface area contributed by atoms with Gasteiger partial charge in [0.05, 0.1) is 5.69 Å². The zero-order chi connectivity index (χ0) is 13.7. The highest BCUT2D eigenvalue weighted by Gasteiger charge is 2.13. The van der Waals surface area contributed by atoms with Gasteiger partial charge in [-0.05, 0) is 36.7 Å². The van der Waals surface area contributed by atoms with Gasteiger partial charge in [-0.15, -0.1) is 0 Å². The summed E-state index contributed by atoms with van der Waals surface area (Å²) < 4.78 is 14.8. The van der Waals surface area contributed by atoms with Gasteiger partial charge in [0.25, 0.3) is 0 Å². The molecular weight excluding hydrogens is 241 g/mol. The first-order valence-corrected chi connectivity index (χ1v) is 6.66. The lowest BCUT2D eigenvalue weighted by Gasteiger charge is -2.18. The normalized spacial score (nSPS) is 12.6. The van der Waals surface area contributed by atoms with Crippen LogP contribution in [0.4, 0.5) is 4.39 Å². The molecule has 1 N–H and O–H groups in total. The number of aryl methyl sites for hydroxylation is 1. The highest BCUT2D eigenvalue weighted by molar-refractivity contribution is 5.21. The molecule has 1 unspecified atom stereocenters. The minimum Gasteiger partial charge on any atom is -0.310 e. The number of aromatic nitrogens is 2. The largest absolute Gasteiger partial charge is 0.310 e. The molecule has 102 valence electrons. The molecule has 0 aliphatic heterocycles. The minimum atomic E-state index is -0.198. The van der Waals surface area contributed by atoms with E-state index >= 15 is 0 Å². The van der Waals surface area contributed by atoms with E-state index in [9.17, 15) is 4.39 Å². The van der Waals surface area contributed by atoms with Crippen LogP contribution in [0.2, 0.25) is 0 Å². The molecule has 0 bridgehead atoms. The molecule has 4 heteroatoms. The molecular formula is C15H20FN3. The molecule has 0 saturated carbocycles. The van der Waals surface area contributed by atoms with Crippen molar-refractivity contribution < 1.29 is 4.39 Å². The van der Waals surface area contributed by atoms with E-state index in [0.717, 1.165) is 30.6 Å². The number of hydrogen-bond donors (Lipinski definition) is 1. The summed E-state index contributed by atoms with van der Waals surface area (Å²) in [6.07, 6.45) is 3.82. The number of nitrogens with one attached hydrogen (secondary N) is 1. The minimum absolute atomic E-state index is 0.176. The lowest BCUT2D eigenvalue weighted by Crippen LogP contribution is -2.24. The van der Waals surface area contributed by atoms with Crippen LogP contribution in [0, 0.1) is 5.82 Å². The second-order valence-electron chi connectivity index (χ2n) is 4.74. The predicted molar refractivity (Wildman–Crippen MR) is 74.3 cm³/mol. The van der Waals surface area contributed by atoms with E-state index in [4.69, 9.17) is 0 Å². The molecule has 2 rings (SSSR count). The fourth-order valence-corrected chi connectivity index (χ4v) is 2.10. The molecule has 1 atom stereocenters. The summed E-state index contributed by atoms with van der Waals surface area (Å²) in [4.78, 5) is 0. The summed E-state index contributed by atoms with van der Waals surface area (Å²) in [7, 11) is 1.91. The van der Waals surface area contributed by atoms with Gasteiger partial charge in [-0.1, -0.05) is 19.1 Å². The number of halogens is 1. The van der Waals surface area contributed by atoms with Gasteiger partial charge in [-0.3, -0.25) is 4.68 Å². The van der Waals surface area contributed by atoms with E-state index in [-0.39, 0.29) is 11.9 Å². The Morgan fingerprint density at radius 2 is 2.00 bits per heavy atom. The lowest BCUT2D eigenvalue weighted by atomic mass is 10.0. The summed E-state index contributed by atoms with van der Waals surface area (Å²) >= 11 is 0. The van der Waals surface area contributed by atoms with Crippen molar-refractivity contribution >= 4 is 0 Å². The van der Waals surface area contributed by atoms with E-state index in [1.165, 1.54) is 12.1 Å². The van der Waals surface area contributed by atoms with Crippen molar-refractivity contribution in [2.75, 3.05) is 6.54 Å². The summed E-state index contributed by atoms with van der Waals surface area (Å²) in [5.41, 5.74) is 2.14. The first kappa shape index (κ1) is 13.7. The Labute approximate surface area is 113 Å². The third kappa shape index (κ3) is 3.89. The van der Waals surface area contributed by atoms with Gasteiger partial charge in [0.15, 0.2) is 0 Å². The Balaban J connectivity index is 2.13. The Hall–Kier alpha value is -1.68. The molecule has 0 aliphatic carbocycles. The standard InChI is InChI=1S/C15H20FN3/c1-3-9-17-15(11-14-8-10-19(2)18-14)12-4-6-13(16)7-5-12/h4-8,10,15,17H,3,9,11H2,1-2H3. The van der Waals surface area contributed by atoms with Gasteiger partial charge < -0.3 is 5.32 Å². The molecule has 0 fully saturated rings. The van der Waals surface area contributed by atoms with Crippen LogP contribution in [0.25, 0.3) is 0 Å². The third-order valence-corrected chi connectivity index (χ3v) is 3.10. The Bertz CT molecular complexity index is 504. The van der Waals surface area contributed by atoms with E-state index in [2.05, 4.69) is 17.3 Å². The van der Waals surface area contributed by atoms with Crippen molar-refractivity contribution in [3.8, 4) is 0 Å². The lowest BCUT2D eigenvalue weighted by molar-refractivity contribution is 0.519. The van der Waals surface area contributed by atoms with Crippen LogP contribution in [-0.4, -0.2) is 16.3 Å². The van der Waals surface area contributed by atoms with Crippen LogP contribution < -0.4 is 5.32 Å². The molecule has 0 aliphatic rings. The van der Waals surface area contributed by atoms with Crippen molar-refractivity contribution in [3.63, 3.8) is 0 Å². The highest BCUT2D eigenvalue weighted by Crippen LogP contribution is 2.18. The SMILES string of the molecule is CCCNC(Cc1ccn(C)n1)c1ccc(F)cc1. The van der Waals surface area contributed by atoms with Crippen molar-refractivity contribution in [3.05, 3.63) is 53.6 Å². The molecule has 1 aromatic heterocycles. The van der Waals surface area contributed by atoms with Crippen LogP contribution in [0.5, 0.6) is 0 Å². The van der Waals surface area contributed by atoms with Gasteiger partial charge >= 0.3 is 0 Å². The monoisotopic (exact) mass is 261 g/mol. The number of nitrogens with zero attached hydrogens (tertiary/aromatic N) is 2. The predicted octanol–water partition coefficient (Wildman–Crippen LogP) is 2.84. The summed E-state index contributed by atoms with van der Waals surface area (Å²) in [5, 5.41) is 7.90. The first-order chi connectivity index (χ1) is 9.19. The maximum atomic E-state index is 13.0. The molecule has 0 saturated heterocycles. The summed E-state index contributed by atoms with van der Waals surface area (Å²) in [6, 6.07) is 8.89. The fourth-order valence-electron chi connectivity index (χ4n) is 2.10. The maximum absolute atomic E-state index is 13.0. The van der Waals surface area contributed by atoms with Crippen LogP contribution in [0.15, 0.2) is 36.5 Å². The van der Waals surface area contributed by atoms with Gasteiger partial charge in [-0.25, -0.2) is 4.39 Å². The Morgan fingerprint density at radius 3 is 2.58 bits per heavy atom. The third-order valence-electron chi connectivity index (χ3n) is 3.10. The van der Waals surface area contributed by atoms with Crippen LogP contribution >= 0.6 is 0 Å². The van der Waals surface area contributed by atoms with Gasteiger partial charge in [0.1, 0.15) is 5.82 Å². The van der Waals surface area contributed by atoms with Crippen molar-refractivity contribution in [1.82, 2.24) is 15.1 Å². The van der Waals surface area contributed by atoms with E-state index in [0.29, 0.717) is 0 Å². The molecule has 0 spiro atoms. The number of benzene rings is 1. The van der Waals surface area contributed by atoms with Crippen molar-refractivity contribution in [1.29, 1.82) is 0 Å².